The van der Waals surface area contributed by atoms with Crippen molar-refractivity contribution in [1.29, 1.82) is 5.26 Å². The van der Waals surface area contributed by atoms with Crippen molar-refractivity contribution in [2.24, 2.45) is 0 Å². The number of nitriles is 1. The normalized spacial score (nSPS) is 10.6. The van der Waals surface area contributed by atoms with Crippen LogP contribution in [0.15, 0.2) is 18.3 Å². The van der Waals surface area contributed by atoms with Crippen LogP contribution in [0.2, 0.25) is 0 Å². The Hall–Kier alpha value is -2.09. The summed E-state index contributed by atoms with van der Waals surface area (Å²) >= 11 is 0. The Balaban J connectivity index is 2.24. The maximum absolute atomic E-state index is 11.5. The van der Waals surface area contributed by atoms with Gasteiger partial charge in [0.25, 0.3) is 0 Å². The monoisotopic (exact) mass is 261 g/mol. The zero-order valence-electron chi connectivity index (χ0n) is 11.6. The minimum Gasteiger partial charge on any atom is -0.460 e. The zero-order valence-corrected chi connectivity index (χ0v) is 11.6. The van der Waals surface area contributed by atoms with E-state index in [-0.39, 0.29) is 5.97 Å². The van der Waals surface area contributed by atoms with Crippen LogP contribution in [0.4, 0.5) is 5.82 Å². The van der Waals surface area contributed by atoms with Crippen LogP contribution in [0.3, 0.4) is 0 Å². The molecule has 0 amide bonds. The number of anilines is 1. The molecule has 0 aliphatic heterocycles. The second-order valence-electron chi connectivity index (χ2n) is 5.16. The van der Waals surface area contributed by atoms with E-state index < -0.39 is 5.60 Å². The van der Waals surface area contributed by atoms with Gasteiger partial charge in [-0.25, -0.2) is 4.98 Å². The number of rotatable bonds is 5. The molecule has 0 spiro atoms. The molecule has 19 heavy (non-hydrogen) atoms. The number of pyridine rings is 1. The number of carbonyl (C=O) groups is 1. The van der Waals surface area contributed by atoms with Gasteiger partial charge in [0.1, 0.15) is 17.5 Å². The standard InChI is InChI=1S/C14H19N3O2/c1-14(2,3)19-13(18)5-4-8-16-12-7-6-11(9-15)10-17-12/h6-7,10H,4-5,8H2,1-3H3,(H,16,17). The van der Waals surface area contributed by atoms with Gasteiger partial charge in [-0.2, -0.15) is 5.26 Å². The maximum atomic E-state index is 11.5. The van der Waals surface area contributed by atoms with Crippen molar-refractivity contribution in [3.8, 4) is 6.07 Å². The summed E-state index contributed by atoms with van der Waals surface area (Å²) in [6.07, 6.45) is 2.56. The van der Waals surface area contributed by atoms with E-state index in [0.717, 1.165) is 0 Å². The molecule has 0 aromatic carbocycles. The van der Waals surface area contributed by atoms with E-state index in [9.17, 15) is 4.79 Å². The Labute approximate surface area is 113 Å². The first-order chi connectivity index (χ1) is 8.90. The highest BCUT2D eigenvalue weighted by molar-refractivity contribution is 5.69. The van der Waals surface area contributed by atoms with E-state index in [1.54, 1.807) is 12.1 Å². The third-order valence-corrected chi connectivity index (χ3v) is 2.18. The molecule has 1 aromatic rings. The lowest BCUT2D eigenvalue weighted by atomic mass is 10.2. The average Bonchev–Trinajstić information content (AvgIpc) is 2.33. The number of nitrogens with one attached hydrogen (secondary N) is 1. The van der Waals surface area contributed by atoms with Crippen LogP contribution in [0, 0.1) is 11.3 Å². The predicted octanol–water partition coefficient (Wildman–Crippen LogP) is 2.49. The number of esters is 1. The van der Waals surface area contributed by atoms with Crippen LogP contribution in [-0.2, 0) is 9.53 Å². The molecule has 0 aliphatic rings. The van der Waals surface area contributed by atoms with Crippen molar-refractivity contribution < 1.29 is 9.53 Å². The largest absolute Gasteiger partial charge is 0.460 e. The summed E-state index contributed by atoms with van der Waals surface area (Å²) in [4.78, 5) is 15.5. The smallest absolute Gasteiger partial charge is 0.306 e. The fourth-order valence-corrected chi connectivity index (χ4v) is 1.41. The van der Waals surface area contributed by atoms with Gasteiger partial charge < -0.3 is 10.1 Å². The van der Waals surface area contributed by atoms with Gasteiger partial charge in [0.2, 0.25) is 0 Å². The minimum absolute atomic E-state index is 0.193. The van der Waals surface area contributed by atoms with E-state index >= 15 is 0 Å². The Morgan fingerprint density at radius 3 is 2.74 bits per heavy atom. The highest BCUT2D eigenvalue weighted by Gasteiger charge is 2.15. The quantitative estimate of drug-likeness (QED) is 0.651. The Morgan fingerprint density at radius 1 is 1.47 bits per heavy atom. The number of hydrogen-bond acceptors (Lipinski definition) is 5. The molecule has 102 valence electrons. The molecule has 0 fully saturated rings. The SMILES string of the molecule is CC(C)(C)OC(=O)CCCNc1ccc(C#N)cn1. The number of ether oxygens (including phenoxy) is 1. The second kappa shape index (κ2) is 6.74. The minimum atomic E-state index is -0.431. The molecule has 0 atom stereocenters. The summed E-state index contributed by atoms with van der Waals surface area (Å²) < 4.78 is 5.20. The number of nitrogens with zero attached hydrogens (tertiary/aromatic N) is 2. The van der Waals surface area contributed by atoms with Gasteiger partial charge in [-0.1, -0.05) is 0 Å². The number of aromatic nitrogens is 1. The highest BCUT2D eigenvalue weighted by atomic mass is 16.6. The molecule has 5 heteroatoms. The van der Waals surface area contributed by atoms with Gasteiger partial charge in [0.05, 0.1) is 5.56 Å². The molecule has 0 saturated carbocycles. The molecular weight excluding hydrogens is 242 g/mol. The van der Waals surface area contributed by atoms with Gasteiger partial charge in [-0.15, -0.1) is 0 Å². The lowest BCUT2D eigenvalue weighted by Crippen LogP contribution is -2.24. The molecule has 0 radical (unpaired) electrons. The fourth-order valence-electron chi connectivity index (χ4n) is 1.41. The van der Waals surface area contributed by atoms with Gasteiger partial charge >= 0.3 is 5.97 Å². The first-order valence-electron chi connectivity index (χ1n) is 6.22. The third-order valence-electron chi connectivity index (χ3n) is 2.18. The molecule has 1 aromatic heterocycles. The third kappa shape index (κ3) is 6.41. The topological polar surface area (TPSA) is 75.0 Å². The van der Waals surface area contributed by atoms with Gasteiger partial charge in [-0.05, 0) is 39.3 Å². The Morgan fingerprint density at radius 2 is 2.21 bits per heavy atom. The summed E-state index contributed by atoms with van der Waals surface area (Å²) in [5, 5.41) is 11.7. The van der Waals surface area contributed by atoms with Crippen LogP contribution < -0.4 is 5.32 Å². The van der Waals surface area contributed by atoms with Crippen LogP contribution >= 0.6 is 0 Å². The van der Waals surface area contributed by atoms with E-state index in [0.29, 0.717) is 30.8 Å². The molecule has 1 heterocycles. The van der Waals surface area contributed by atoms with E-state index in [2.05, 4.69) is 10.3 Å². The second-order valence-corrected chi connectivity index (χ2v) is 5.16. The first-order valence-corrected chi connectivity index (χ1v) is 6.22. The predicted molar refractivity (Wildman–Crippen MR) is 72.5 cm³/mol. The van der Waals surface area contributed by atoms with E-state index in [1.165, 1.54) is 6.20 Å². The molecule has 0 unspecified atom stereocenters. The van der Waals surface area contributed by atoms with Crippen molar-refractivity contribution in [1.82, 2.24) is 4.98 Å². The lowest BCUT2D eigenvalue weighted by molar-refractivity contribution is -0.154. The molecular formula is C14H19N3O2. The Bertz CT molecular complexity index is 455. The summed E-state index contributed by atoms with van der Waals surface area (Å²) in [5.74, 6) is 0.505. The van der Waals surface area contributed by atoms with Crippen molar-refractivity contribution in [3.63, 3.8) is 0 Å². The maximum Gasteiger partial charge on any atom is 0.306 e. The molecule has 5 nitrogen and oxygen atoms in total. The van der Waals surface area contributed by atoms with Crippen LogP contribution in [0.25, 0.3) is 0 Å². The zero-order chi connectivity index (χ0) is 14.3. The van der Waals surface area contributed by atoms with E-state index in [4.69, 9.17) is 10.00 Å². The van der Waals surface area contributed by atoms with Gasteiger partial charge in [-0.3, -0.25) is 4.79 Å². The van der Waals surface area contributed by atoms with Crippen molar-refractivity contribution in [2.45, 2.75) is 39.2 Å². The Kier molecular flexibility index (Phi) is 5.31. The van der Waals surface area contributed by atoms with Crippen molar-refractivity contribution >= 4 is 11.8 Å². The van der Waals surface area contributed by atoms with Crippen LogP contribution in [-0.4, -0.2) is 23.1 Å². The lowest BCUT2D eigenvalue weighted by Gasteiger charge is -2.19. The molecule has 1 N–H and O–H groups in total. The van der Waals surface area contributed by atoms with Crippen molar-refractivity contribution in [2.75, 3.05) is 11.9 Å². The van der Waals surface area contributed by atoms with Crippen LogP contribution in [0.1, 0.15) is 39.2 Å². The summed E-state index contributed by atoms with van der Waals surface area (Å²) in [5.41, 5.74) is 0.0958. The highest BCUT2D eigenvalue weighted by Crippen LogP contribution is 2.09. The summed E-state index contributed by atoms with van der Waals surface area (Å²) in [6.45, 7) is 6.19. The van der Waals surface area contributed by atoms with Gasteiger partial charge in [0, 0.05) is 19.2 Å². The number of hydrogen-bond donors (Lipinski definition) is 1. The number of carbonyl (C=O) groups excluding carboxylic acids is 1. The molecule has 1 rings (SSSR count). The molecule has 0 aliphatic carbocycles. The summed E-state index contributed by atoms with van der Waals surface area (Å²) in [7, 11) is 0. The first kappa shape index (κ1) is 15.0. The molecule has 0 bridgehead atoms. The fraction of sp³-hybridized carbons (Fsp3) is 0.500. The van der Waals surface area contributed by atoms with E-state index in [1.807, 2.05) is 26.8 Å². The molecule has 0 saturated heterocycles. The summed E-state index contributed by atoms with van der Waals surface area (Å²) in [6, 6.07) is 5.45. The van der Waals surface area contributed by atoms with Gasteiger partial charge in [0.15, 0.2) is 0 Å². The van der Waals surface area contributed by atoms with Crippen molar-refractivity contribution in [3.05, 3.63) is 23.9 Å². The van der Waals surface area contributed by atoms with Crippen LogP contribution in [0.5, 0.6) is 0 Å². The average molecular weight is 261 g/mol.